The third-order valence-electron chi connectivity index (χ3n) is 4.74. The van der Waals surface area contributed by atoms with Crippen molar-refractivity contribution in [1.29, 1.82) is 0 Å². The van der Waals surface area contributed by atoms with Gasteiger partial charge in [0.05, 0.1) is 0 Å². The fourth-order valence-corrected chi connectivity index (χ4v) is 3.52. The van der Waals surface area contributed by atoms with Crippen molar-refractivity contribution in [3.8, 4) is 0 Å². The van der Waals surface area contributed by atoms with Gasteiger partial charge < -0.3 is 13.9 Å². The summed E-state index contributed by atoms with van der Waals surface area (Å²) in [7, 11) is 0. The molecular formula is C16H20N4O2. The number of nitrogens with zero attached hydrogens (tertiary/aromatic N) is 4. The predicted octanol–water partition coefficient (Wildman–Crippen LogP) is 2.15. The minimum atomic E-state index is -0.00183. The van der Waals surface area contributed by atoms with E-state index in [1.807, 2.05) is 17.9 Å². The van der Waals surface area contributed by atoms with Crippen LogP contribution in [0.1, 0.15) is 53.1 Å². The lowest BCUT2D eigenvalue weighted by atomic mass is 9.95. The highest BCUT2D eigenvalue weighted by Crippen LogP contribution is 2.30. The molecule has 0 unspecified atom stereocenters. The number of rotatable bonds is 2. The smallest absolute Gasteiger partial charge is 0.289 e. The van der Waals surface area contributed by atoms with Crippen LogP contribution in [-0.2, 0) is 13.0 Å². The second-order valence-electron chi connectivity index (χ2n) is 6.21. The van der Waals surface area contributed by atoms with Gasteiger partial charge >= 0.3 is 0 Å². The topological polar surface area (TPSA) is 64.2 Å². The van der Waals surface area contributed by atoms with Crippen molar-refractivity contribution in [3.05, 3.63) is 35.3 Å². The zero-order valence-electron chi connectivity index (χ0n) is 12.8. The molecule has 0 aliphatic carbocycles. The van der Waals surface area contributed by atoms with Crippen molar-refractivity contribution < 1.29 is 9.21 Å². The zero-order chi connectivity index (χ0) is 15.1. The number of aryl methyl sites for hydroxylation is 2. The van der Waals surface area contributed by atoms with Gasteiger partial charge in [0.2, 0.25) is 0 Å². The van der Waals surface area contributed by atoms with E-state index in [2.05, 4.69) is 14.8 Å². The van der Waals surface area contributed by atoms with E-state index in [9.17, 15) is 4.79 Å². The number of furan rings is 1. The molecule has 0 saturated carbocycles. The number of carbonyl (C=O) groups is 1. The van der Waals surface area contributed by atoms with Gasteiger partial charge in [-0.2, -0.15) is 0 Å². The molecule has 0 spiro atoms. The van der Waals surface area contributed by atoms with Crippen molar-refractivity contribution in [2.45, 2.75) is 45.1 Å². The van der Waals surface area contributed by atoms with E-state index in [1.165, 1.54) is 6.42 Å². The summed E-state index contributed by atoms with van der Waals surface area (Å²) in [6.07, 6.45) is 4.11. The first kappa shape index (κ1) is 13.5. The lowest BCUT2D eigenvalue weighted by Crippen LogP contribution is -2.38. The molecule has 0 bridgehead atoms. The molecule has 22 heavy (non-hydrogen) atoms. The molecular weight excluding hydrogens is 280 g/mol. The maximum Gasteiger partial charge on any atom is 0.289 e. The van der Waals surface area contributed by atoms with E-state index >= 15 is 0 Å². The van der Waals surface area contributed by atoms with Crippen LogP contribution in [0.4, 0.5) is 0 Å². The number of carbonyl (C=O) groups excluding carboxylic acids is 1. The van der Waals surface area contributed by atoms with Crippen LogP contribution in [-0.4, -0.2) is 38.7 Å². The maximum absolute atomic E-state index is 12.4. The highest BCUT2D eigenvalue weighted by atomic mass is 16.3. The summed E-state index contributed by atoms with van der Waals surface area (Å²) >= 11 is 0. The van der Waals surface area contributed by atoms with Gasteiger partial charge in [-0.1, -0.05) is 0 Å². The molecule has 0 N–H and O–H groups in total. The number of piperidine rings is 1. The number of hydrogen-bond donors (Lipinski definition) is 0. The van der Waals surface area contributed by atoms with E-state index in [4.69, 9.17) is 4.42 Å². The highest BCUT2D eigenvalue weighted by molar-refractivity contribution is 5.91. The summed E-state index contributed by atoms with van der Waals surface area (Å²) < 4.78 is 7.72. The van der Waals surface area contributed by atoms with Gasteiger partial charge in [-0.25, -0.2) is 0 Å². The van der Waals surface area contributed by atoms with Gasteiger partial charge in [-0.3, -0.25) is 4.79 Å². The first-order chi connectivity index (χ1) is 10.7. The minimum Gasteiger partial charge on any atom is -0.456 e. The van der Waals surface area contributed by atoms with Gasteiger partial charge in [0.1, 0.15) is 17.4 Å². The standard InChI is InChI=1S/C16H20N4O2/c1-11-4-5-13(22-11)16(21)19-9-6-12(7-10-19)15-18-17-14-3-2-8-20(14)15/h4-5,12H,2-3,6-10H2,1H3. The quantitative estimate of drug-likeness (QED) is 0.852. The van der Waals surface area contributed by atoms with Crippen LogP contribution in [0.5, 0.6) is 0 Å². The largest absolute Gasteiger partial charge is 0.456 e. The summed E-state index contributed by atoms with van der Waals surface area (Å²) in [6, 6.07) is 3.59. The highest BCUT2D eigenvalue weighted by Gasteiger charge is 2.30. The summed E-state index contributed by atoms with van der Waals surface area (Å²) in [5.74, 6) is 3.88. The average molecular weight is 300 g/mol. The average Bonchev–Trinajstić information content (AvgIpc) is 3.23. The molecule has 0 radical (unpaired) electrons. The molecule has 4 rings (SSSR count). The monoisotopic (exact) mass is 300 g/mol. The molecule has 4 heterocycles. The zero-order valence-corrected chi connectivity index (χ0v) is 12.8. The third kappa shape index (κ3) is 2.23. The molecule has 2 aliphatic heterocycles. The predicted molar refractivity (Wildman–Crippen MR) is 79.7 cm³/mol. The number of fused-ring (bicyclic) bond motifs is 1. The van der Waals surface area contributed by atoms with Crippen LogP contribution in [0.25, 0.3) is 0 Å². The van der Waals surface area contributed by atoms with Crippen LogP contribution >= 0.6 is 0 Å². The van der Waals surface area contributed by atoms with Gasteiger partial charge in [0.25, 0.3) is 5.91 Å². The van der Waals surface area contributed by atoms with Gasteiger partial charge in [-0.05, 0) is 38.3 Å². The Labute approximate surface area is 129 Å². The Kier molecular flexibility index (Phi) is 3.24. The lowest BCUT2D eigenvalue weighted by molar-refractivity contribution is 0.0676. The fourth-order valence-electron chi connectivity index (χ4n) is 3.52. The third-order valence-corrected chi connectivity index (χ3v) is 4.74. The van der Waals surface area contributed by atoms with Crippen molar-refractivity contribution in [2.24, 2.45) is 0 Å². The Balaban J connectivity index is 1.43. The van der Waals surface area contributed by atoms with E-state index in [0.717, 1.165) is 56.3 Å². The molecule has 0 aromatic carbocycles. The normalized spacial score (nSPS) is 18.7. The van der Waals surface area contributed by atoms with E-state index in [0.29, 0.717) is 11.7 Å². The van der Waals surface area contributed by atoms with E-state index in [-0.39, 0.29) is 5.91 Å². The first-order valence-electron chi connectivity index (χ1n) is 8.00. The first-order valence-corrected chi connectivity index (χ1v) is 8.00. The minimum absolute atomic E-state index is 0.00183. The van der Waals surface area contributed by atoms with E-state index in [1.54, 1.807) is 6.07 Å². The molecule has 1 fully saturated rings. The van der Waals surface area contributed by atoms with Crippen molar-refractivity contribution in [1.82, 2.24) is 19.7 Å². The number of likely N-dealkylation sites (tertiary alicyclic amines) is 1. The lowest BCUT2D eigenvalue weighted by Gasteiger charge is -2.31. The SMILES string of the molecule is Cc1ccc(C(=O)N2CCC(c3nnc4n3CCC4)CC2)o1. The Morgan fingerprint density at radius 3 is 2.77 bits per heavy atom. The Hall–Kier alpha value is -2.11. The number of aromatic nitrogens is 3. The molecule has 116 valence electrons. The van der Waals surface area contributed by atoms with Crippen LogP contribution < -0.4 is 0 Å². The van der Waals surface area contributed by atoms with E-state index < -0.39 is 0 Å². The molecule has 2 aliphatic rings. The Morgan fingerprint density at radius 1 is 1.23 bits per heavy atom. The summed E-state index contributed by atoms with van der Waals surface area (Å²) in [5.41, 5.74) is 0. The number of amides is 1. The van der Waals surface area contributed by atoms with Gasteiger partial charge in [0, 0.05) is 32.0 Å². The summed E-state index contributed by atoms with van der Waals surface area (Å²) in [5, 5.41) is 8.68. The van der Waals surface area contributed by atoms with Crippen LogP contribution in [0.15, 0.2) is 16.5 Å². The van der Waals surface area contributed by atoms with Crippen LogP contribution in [0, 0.1) is 6.92 Å². The second kappa shape index (κ2) is 5.26. The Bertz CT molecular complexity index is 695. The second-order valence-corrected chi connectivity index (χ2v) is 6.21. The summed E-state index contributed by atoms with van der Waals surface area (Å²) in [4.78, 5) is 14.3. The van der Waals surface area contributed by atoms with Gasteiger partial charge in [0.15, 0.2) is 5.76 Å². The molecule has 1 saturated heterocycles. The van der Waals surface area contributed by atoms with Crippen molar-refractivity contribution >= 4 is 5.91 Å². The van der Waals surface area contributed by atoms with Crippen molar-refractivity contribution in [2.75, 3.05) is 13.1 Å². The molecule has 6 heteroatoms. The molecule has 0 atom stereocenters. The van der Waals surface area contributed by atoms with Gasteiger partial charge in [-0.15, -0.1) is 10.2 Å². The molecule has 2 aromatic rings. The Morgan fingerprint density at radius 2 is 2.05 bits per heavy atom. The summed E-state index contributed by atoms with van der Waals surface area (Å²) in [6.45, 7) is 4.41. The fraction of sp³-hybridized carbons (Fsp3) is 0.562. The molecule has 6 nitrogen and oxygen atoms in total. The molecule has 2 aromatic heterocycles. The number of hydrogen-bond acceptors (Lipinski definition) is 4. The van der Waals surface area contributed by atoms with Crippen LogP contribution in [0.2, 0.25) is 0 Å². The van der Waals surface area contributed by atoms with Crippen molar-refractivity contribution in [3.63, 3.8) is 0 Å². The van der Waals surface area contributed by atoms with Crippen LogP contribution in [0.3, 0.4) is 0 Å². The molecule has 1 amide bonds. The maximum atomic E-state index is 12.4.